The molecule has 0 fully saturated rings. The zero-order valence-corrected chi connectivity index (χ0v) is 11.2. The summed E-state index contributed by atoms with van der Waals surface area (Å²) in [7, 11) is 0. The van der Waals surface area contributed by atoms with Crippen LogP contribution in [-0.2, 0) is 0 Å². The second-order valence-electron chi connectivity index (χ2n) is 5.08. The van der Waals surface area contributed by atoms with Gasteiger partial charge in [0.2, 0.25) is 0 Å². The van der Waals surface area contributed by atoms with Gasteiger partial charge in [-0.2, -0.15) is 0 Å². The van der Waals surface area contributed by atoms with Crippen molar-refractivity contribution >= 4 is 0 Å². The van der Waals surface area contributed by atoms with Crippen LogP contribution in [0, 0.1) is 5.92 Å². The average molecular weight is 206 g/mol. The maximum Gasteiger partial charge on any atom is -0.0291 e. The Morgan fingerprint density at radius 2 is 1.53 bits per heavy atom. The van der Waals surface area contributed by atoms with Crippen LogP contribution in [0.2, 0.25) is 0 Å². The van der Waals surface area contributed by atoms with Gasteiger partial charge in [0.25, 0.3) is 0 Å². The van der Waals surface area contributed by atoms with Crippen molar-refractivity contribution < 1.29 is 0 Å². The van der Waals surface area contributed by atoms with Gasteiger partial charge in [0.1, 0.15) is 0 Å². The molecule has 0 heterocycles. The van der Waals surface area contributed by atoms with Crippen LogP contribution in [0.1, 0.15) is 54.4 Å². The lowest BCUT2D eigenvalue weighted by molar-refractivity contribution is 0.584. The molecule has 0 heteroatoms. The first-order valence-electron chi connectivity index (χ1n) is 5.86. The van der Waals surface area contributed by atoms with Crippen molar-refractivity contribution in [1.29, 1.82) is 0 Å². The molecule has 0 spiro atoms. The van der Waals surface area contributed by atoms with Gasteiger partial charge < -0.3 is 0 Å². The molecular formula is C15H26. The molecule has 0 nitrogen and oxygen atoms in total. The van der Waals surface area contributed by atoms with E-state index in [0.29, 0.717) is 0 Å². The van der Waals surface area contributed by atoms with Gasteiger partial charge in [0.15, 0.2) is 0 Å². The summed E-state index contributed by atoms with van der Waals surface area (Å²) in [6.07, 6.45) is 9.17. The molecule has 15 heavy (non-hydrogen) atoms. The van der Waals surface area contributed by atoms with E-state index in [4.69, 9.17) is 0 Å². The van der Waals surface area contributed by atoms with Gasteiger partial charge >= 0.3 is 0 Å². The molecule has 0 aromatic carbocycles. The molecule has 0 aromatic heterocycles. The maximum atomic E-state index is 2.33. The first kappa shape index (κ1) is 14.2. The normalized spacial score (nSPS) is 13.3. The number of allylic oxidation sites excluding steroid dienone is 6. The summed E-state index contributed by atoms with van der Waals surface area (Å²) in [5, 5.41) is 0. The molecule has 1 atom stereocenters. The third-order valence-electron chi connectivity index (χ3n) is 2.30. The van der Waals surface area contributed by atoms with Gasteiger partial charge in [-0.3, -0.25) is 0 Å². The molecule has 0 aliphatic rings. The Kier molecular flexibility index (Phi) is 7.11. The molecule has 0 saturated carbocycles. The van der Waals surface area contributed by atoms with Gasteiger partial charge in [-0.25, -0.2) is 0 Å². The van der Waals surface area contributed by atoms with Crippen molar-refractivity contribution in [3.8, 4) is 0 Å². The topological polar surface area (TPSA) is 0 Å². The molecule has 0 aromatic rings. The Hall–Kier alpha value is -0.780. The lowest BCUT2D eigenvalue weighted by Crippen LogP contribution is -1.93. The fourth-order valence-electron chi connectivity index (χ4n) is 1.45. The van der Waals surface area contributed by atoms with Crippen LogP contribution in [0.5, 0.6) is 0 Å². The van der Waals surface area contributed by atoms with Crippen molar-refractivity contribution in [1.82, 2.24) is 0 Å². The van der Waals surface area contributed by atoms with E-state index >= 15 is 0 Å². The van der Waals surface area contributed by atoms with Crippen molar-refractivity contribution in [2.45, 2.75) is 54.4 Å². The van der Waals surface area contributed by atoms with Crippen molar-refractivity contribution in [3.63, 3.8) is 0 Å². The Morgan fingerprint density at radius 1 is 0.933 bits per heavy atom. The van der Waals surface area contributed by atoms with E-state index in [0.717, 1.165) is 5.92 Å². The highest BCUT2D eigenvalue weighted by Gasteiger charge is 2.00. The van der Waals surface area contributed by atoms with Crippen molar-refractivity contribution in [3.05, 3.63) is 34.9 Å². The zero-order chi connectivity index (χ0) is 11.8. The third kappa shape index (κ3) is 9.52. The van der Waals surface area contributed by atoms with Crippen LogP contribution in [-0.4, -0.2) is 0 Å². The Morgan fingerprint density at radius 3 is 2.00 bits per heavy atom. The summed E-state index contributed by atoms with van der Waals surface area (Å²) in [6, 6.07) is 0. The highest BCUT2D eigenvalue weighted by atomic mass is 14.1. The molecule has 0 amide bonds. The minimum absolute atomic E-state index is 0.752. The Labute approximate surface area is 95.8 Å². The predicted molar refractivity (Wildman–Crippen MR) is 71.0 cm³/mol. The van der Waals surface area contributed by atoms with Crippen LogP contribution < -0.4 is 0 Å². The quantitative estimate of drug-likeness (QED) is 0.424. The number of hydrogen-bond acceptors (Lipinski definition) is 0. The van der Waals surface area contributed by atoms with Crippen LogP contribution in [0.15, 0.2) is 34.9 Å². The smallest absolute Gasteiger partial charge is 0.0291 e. The van der Waals surface area contributed by atoms with E-state index in [9.17, 15) is 0 Å². The molecule has 0 aliphatic heterocycles. The van der Waals surface area contributed by atoms with Crippen LogP contribution in [0.25, 0.3) is 0 Å². The van der Waals surface area contributed by atoms with Crippen molar-refractivity contribution in [2.75, 3.05) is 0 Å². The zero-order valence-electron chi connectivity index (χ0n) is 11.2. The first-order valence-corrected chi connectivity index (χ1v) is 5.86. The molecular weight excluding hydrogens is 180 g/mol. The molecule has 0 rings (SSSR count). The molecule has 0 radical (unpaired) electrons. The first-order chi connectivity index (χ1) is 6.91. The van der Waals surface area contributed by atoms with E-state index in [1.165, 1.54) is 29.6 Å². The average Bonchev–Trinajstić information content (AvgIpc) is 2.11. The van der Waals surface area contributed by atoms with Gasteiger partial charge in [-0.05, 0) is 53.4 Å². The monoisotopic (exact) mass is 206 g/mol. The second-order valence-corrected chi connectivity index (χ2v) is 5.08. The van der Waals surface area contributed by atoms with E-state index in [1.54, 1.807) is 0 Å². The SMILES string of the molecule is CC(C)=C/C=C(\C)CC(C)CC=C(C)C. The van der Waals surface area contributed by atoms with E-state index in [-0.39, 0.29) is 0 Å². The van der Waals surface area contributed by atoms with Crippen LogP contribution >= 0.6 is 0 Å². The lowest BCUT2D eigenvalue weighted by Gasteiger charge is -2.08. The molecule has 1 unspecified atom stereocenters. The summed E-state index contributed by atoms with van der Waals surface area (Å²) in [5.74, 6) is 0.752. The van der Waals surface area contributed by atoms with Crippen molar-refractivity contribution in [2.24, 2.45) is 5.92 Å². The van der Waals surface area contributed by atoms with Gasteiger partial charge in [-0.15, -0.1) is 0 Å². The Balaban J connectivity index is 4.07. The molecule has 0 N–H and O–H groups in total. The minimum Gasteiger partial charge on any atom is -0.0856 e. The molecule has 0 saturated heterocycles. The van der Waals surface area contributed by atoms with Gasteiger partial charge in [0, 0.05) is 0 Å². The number of rotatable bonds is 5. The second kappa shape index (κ2) is 7.50. The Bertz CT molecular complexity index is 256. The summed E-state index contributed by atoms with van der Waals surface area (Å²) in [5.41, 5.74) is 4.27. The maximum absolute atomic E-state index is 2.33. The standard InChI is InChI=1S/C15H26/c1-12(2)7-9-14(5)11-15(6)10-8-13(3)4/h7-9,15H,10-11H2,1-6H3/b14-9+. The predicted octanol–water partition coefficient (Wildman–Crippen LogP) is 5.28. The van der Waals surface area contributed by atoms with Gasteiger partial charge in [-0.1, -0.05) is 41.9 Å². The van der Waals surface area contributed by atoms with Gasteiger partial charge in [0.05, 0.1) is 0 Å². The minimum atomic E-state index is 0.752. The largest absolute Gasteiger partial charge is 0.0856 e. The van der Waals surface area contributed by atoms with Crippen LogP contribution in [0.4, 0.5) is 0 Å². The van der Waals surface area contributed by atoms with E-state index in [2.05, 4.69) is 59.8 Å². The summed E-state index contributed by atoms with van der Waals surface area (Å²) in [4.78, 5) is 0. The fraction of sp³-hybridized carbons (Fsp3) is 0.600. The fourth-order valence-corrected chi connectivity index (χ4v) is 1.45. The third-order valence-corrected chi connectivity index (χ3v) is 2.30. The summed E-state index contributed by atoms with van der Waals surface area (Å²) >= 11 is 0. The molecule has 0 bridgehead atoms. The van der Waals surface area contributed by atoms with Crippen LogP contribution in [0.3, 0.4) is 0 Å². The number of hydrogen-bond donors (Lipinski definition) is 0. The lowest BCUT2D eigenvalue weighted by atomic mass is 9.97. The van der Waals surface area contributed by atoms with E-state index in [1.807, 2.05) is 0 Å². The molecule has 86 valence electrons. The summed E-state index contributed by atoms with van der Waals surface area (Å²) in [6.45, 7) is 13.1. The van der Waals surface area contributed by atoms with E-state index < -0.39 is 0 Å². The molecule has 0 aliphatic carbocycles. The summed E-state index contributed by atoms with van der Waals surface area (Å²) < 4.78 is 0. The highest BCUT2D eigenvalue weighted by Crippen LogP contribution is 2.16. The highest BCUT2D eigenvalue weighted by molar-refractivity contribution is 5.14.